The molecule has 0 aliphatic rings. The van der Waals surface area contributed by atoms with Crippen LogP contribution in [-0.2, 0) is 24.3 Å². The Labute approximate surface area is 172 Å². The molecule has 0 heterocycles. The highest BCUT2D eigenvalue weighted by Gasteiger charge is 2.21. The van der Waals surface area contributed by atoms with E-state index in [4.69, 9.17) is 9.47 Å². The minimum absolute atomic E-state index is 0.0525. The maximum absolute atomic E-state index is 12.3. The molecule has 0 aliphatic heterocycles. The van der Waals surface area contributed by atoms with Crippen LogP contribution in [0.25, 0.3) is 5.76 Å². The van der Waals surface area contributed by atoms with Gasteiger partial charge in [-0.2, -0.15) is 0 Å². The second-order valence-corrected chi connectivity index (χ2v) is 7.56. The molecule has 0 saturated heterocycles. The van der Waals surface area contributed by atoms with Gasteiger partial charge in [0.2, 0.25) is 0 Å². The van der Waals surface area contributed by atoms with Gasteiger partial charge in [-0.15, -0.1) is 0 Å². The van der Waals surface area contributed by atoms with Crippen molar-refractivity contribution in [2.24, 2.45) is 0 Å². The standard InChI is InChI=1S/C19H18N2O8S/c1-3-28-18(22)12-17(14-6-8-15(9-7-14)21(24)25)29-19(23)20-30(26,27)16-10-4-13(2)5-11-16/h4-12H,3H2,1-2H3,(H,20,23)/b17-12+. The van der Waals surface area contributed by atoms with E-state index in [1.165, 1.54) is 24.3 Å². The first kappa shape index (κ1) is 22.6. The van der Waals surface area contributed by atoms with Crippen molar-refractivity contribution < 1.29 is 32.4 Å². The summed E-state index contributed by atoms with van der Waals surface area (Å²) in [5, 5.41) is 10.8. The van der Waals surface area contributed by atoms with Crippen LogP contribution in [0.5, 0.6) is 0 Å². The van der Waals surface area contributed by atoms with Crippen LogP contribution in [0.4, 0.5) is 10.5 Å². The van der Waals surface area contributed by atoms with Gasteiger partial charge in [0.15, 0.2) is 0 Å². The van der Waals surface area contributed by atoms with E-state index in [0.29, 0.717) is 0 Å². The molecule has 1 amide bonds. The number of nitrogens with zero attached hydrogens (tertiary/aromatic N) is 1. The van der Waals surface area contributed by atoms with Crippen molar-refractivity contribution in [3.63, 3.8) is 0 Å². The number of rotatable bonds is 7. The lowest BCUT2D eigenvalue weighted by molar-refractivity contribution is -0.384. The first-order valence-electron chi connectivity index (χ1n) is 8.57. The normalized spacial score (nSPS) is 11.5. The summed E-state index contributed by atoms with van der Waals surface area (Å²) in [6.45, 7) is 3.39. The van der Waals surface area contributed by atoms with Gasteiger partial charge in [-0.05, 0) is 38.1 Å². The zero-order valence-electron chi connectivity index (χ0n) is 16.0. The predicted molar refractivity (Wildman–Crippen MR) is 106 cm³/mol. The highest BCUT2D eigenvalue weighted by molar-refractivity contribution is 7.90. The number of carbonyl (C=O) groups excluding carboxylic acids is 2. The van der Waals surface area contributed by atoms with Gasteiger partial charge in [0.05, 0.1) is 22.5 Å². The van der Waals surface area contributed by atoms with E-state index in [2.05, 4.69) is 0 Å². The summed E-state index contributed by atoms with van der Waals surface area (Å²) in [6.07, 6.45) is -0.535. The summed E-state index contributed by atoms with van der Waals surface area (Å²) in [7, 11) is -4.22. The highest BCUT2D eigenvalue weighted by Crippen LogP contribution is 2.21. The monoisotopic (exact) mass is 434 g/mol. The van der Waals surface area contributed by atoms with E-state index in [1.807, 2.05) is 0 Å². The Morgan fingerprint density at radius 2 is 1.70 bits per heavy atom. The largest absolute Gasteiger partial charge is 0.463 e. The molecule has 2 aromatic rings. The summed E-state index contributed by atoms with van der Waals surface area (Å²) >= 11 is 0. The van der Waals surface area contributed by atoms with Crippen LogP contribution in [0.1, 0.15) is 18.1 Å². The number of sulfonamides is 1. The maximum Gasteiger partial charge on any atom is 0.426 e. The van der Waals surface area contributed by atoms with Crippen LogP contribution < -0.4 is 4.72 Å². The van der Waals surface area contributed by atoms with Crippen molar-refractivity contribution in [1.82, 2.24) is 4.72 Å². The van der Waals surface area contributed by atoms with Gasteiger partial charge in [0, 0.05) is 17.7 Å². The van der Waals surface area contributed by atoms with Gasteiger partial charge in [-0.3, -0.25) is 10.1 Å². The van der Waals surface area contributed by atoms with Crippen LogP contribution in [0.15, 0.2) is 59.5 Å². The summed E-state index contributed by atoms with van der Waals surface area (Å²) in [5.41, 5.74) is 0.728. The molecule has 158 valence electrons. The lowest BCUT2D eigenvalue weighted by Gasteiger charge is -2.11. The number of hydrogen-bond acceptors (Lipinski definition) is 8. The van der Waals surface area contributed by atoms with E-state index in [-0.39, 0.29) is 28.5 Å². The Morgan fingerprint density at radius 3 is 2.23 bits per heavy atom. The zero-order valence-corrected chi connectivity index (χ0v) is 16.8. The molecule has 10 nitrogen and oxygen atoms in total. The number of benzene rings is 2. The van der Waals surface area contributed by atoms with Gasteiger partial charge >= 0.3 is 12.1 Å². The van der Waals surface area contributed by atoms with Crippen molar-refractivity contribution in [2.45, 2.75) is 18.7 Å². The number of non-ortho nitro benzene ring substituents is 1. The lowest BCUT2D eigenvalue weighted by Crippen LogP contribution is -2.31. The Bertz CT molecular complexity index is 1070. The fourth-order valence-electron chi connectivity index (χ4n) is 2.22. The van der Waals surface area contributed by atoms with Crippen molar-refractivity contribution in [2.75, 3.05) is 6.61 Å². The van der Waals surface area contributed by atoms with E-state index in [9.17, 15) is 28.1 Å². The van der Waals surface area contributed by atoms with Gasteiger partial charge in [-0.1, -0.05) is 17.7 Å². The second kappa shape index (κ2) is 9.65. The Morgan fingerprint density at radius 1 is 1.10 bits per heavy atom. The second-order valence-electron chi connectivity index (χ2n) is 5.87. The molecule has 30 heavy (non-hydrogen) atoms. The molecular formula is C19H18N2O8S. The lowest BCUT2D eigenvalue weighted by atomic mass is 10.1. The van der Waals surface area contributed by atoms with Crippen LogP contribution in [-0.4, -0.2) is 32.0 Å². The quantitative estimate of drug-likeness (QED) is 0.230. The molecule has 0 spiro atoms. The number of esters is 1. The molecule has 1 N–H and O–H groups in total. The van der Waals surface area contributed by atoms with Gasteiger partial charge in [0.1, 0.15) is 5.76 Å². The number of hydrogen-bond donors (Lipinski definition) is 1. The summed E-state index contributed by atoms with van der Waals surface area (Å²) < 4.78 is 36.1. The van der Waals surface area contributed by atoms with E-state index in [1.54, 1.807) is 30.7 Å². The fourth-order valence-corrected chi connectivity index (χ4v) is 3.09. The third-order valence-electron chi connectivity index (χ3n) is 3.65. The van der Waals surface area contributed by atoms with Crippen molar-refractivity contribution in [1.29, 1.82) is 0 Å². The Kier molecular flexibility index (Phi) is 7.26. The molecule has 2 rings (SSSR count). The highest BCUT2D eigenvalue weighted by atomic mass is 32.2. The number of ether oxygens (including phenoxy) is 2. The number of nitro groups is 1. The van der Waals surface area contributed by atoms with Crippen molar-refractivity contribution in [3.05, 3.63) is 75.8 Å². The minimum Gasteiger partial charge on any atom is -0.463 e. The minimum atomic E-state index is -4.22. The molecule has 0 radical (unpaired) electrons. The molecule has 0 atom stereocenters. The van der Waals surface area contributed by atoms with Crippen LogP contribution in [0, 0.1) is 17.0 Å². The molecular weight excluding hydrogens is 416 g/mol. The van der Waals surface area contributed by atoms with E-state index >= 15 is 0 Å². The number of carbonyl (C=O) groups is 2. The van der Waals surface area contributed by atoms with Gasteiger partial charge < -0.3 is 9.47 Å². The molecule has 11 heteroatoms. The molecule has 0 fully saturated rings. The zero-order chi connectivity index (χ0) is 22.3. The number of nitrogens with one attached hydrogen (secondary N) is 1. The number of aryl methyl sites for hydroxylation is 1. The molecule has 0 unspecified atom stereocenters. The van der Waals surface area contributed by atoms with Gasteiger partial charge in [0.25, 0.3) is 15.7 Å². The van der Waals surface area contributed by atoms with E-state index < -0.39 is 27.0 Å². The fraction of sp³-hybridized carbons (Fsp3) is 0.158. The van der Waals surface area contributed by atoms with Crippen LogP contribution in [0.2, 0.25) is 0 Å². The average molecular weight is 434 g/mol. The first-order valence-corrected chi connectivity index (χ1v) is 10.0. The van der Waals surface area contributed by atoms with E-state index in [0.717, 1.165) is 23.8 Å². The van der Waals surface area contributed by atoms with Crippen molar-refractivity contribution in [3.8, 4) is 0 Å². The van der Waals surface area contributed by atoms with Crippen LogP contribution >= 0.6 is 0 Å². The Hall–Kier alpha value is -3.73. The third kappa shape index (κ3) is 6.14. The predicted octanol–water partition coefficient (Wildman–Crippen LogP) is 2.92. The van der Waals surface area contributed by atoms with Gasteiger partial charge in [-0.25, -0.2) is 22.7 Å². The summed E-state index contributed by atoms with van der Waals surface area (Å²) in [5.74, 6) is -1.19. The maximum atomic E-state index is 12.3. The summed E-state index contributed by atoms with van der Waals surface area (Å²) in [6, 6.07) is 10.5. The third-order valence-corrected chi connectivity index (χ3v) is 4.98. The molecule has 0 aromatic heterocycles. The topological polar surface area (TPSA) is 142 Å². The molecule has 0 bridgehead atoms. The molecule has 0 aliphatic carbocycles. The number of amides is 1. The molecule has 2 aromatic carbocycles. The smallest absolute Gasteiger partial charge is 0.426 e. The van der Waals surface area contributed by atoms with Crippen molar-refractivity contribution >= 4 is 33.5 Å². The summed E-state index contributed by atoms with van der Waals surface area (Å²) in [4.78, 5) is 34.0. The first-order chi connectivity index (χ1) is 14.1. The Balaban J connectivity index is 2.26. The SMILES string of the molecule is CCOC(=O)/C=C(/OC(=O)NS(=O)(=O)c1ccc(C)cc1)c1ccc([N+](=O)[O-])cc1. The average Bonchev–Trinajstić information content (AvgIpc) is 2.67. The number of nitro benzene ring substituents is 1. The van der Waals surface area contributed by atoms with Crippen LogP contribution in [0.3, 0.4) is 0 Å². The molecule has 0 saturated carbocycles.